The number of esters is 1. The predicted molar refractivity (Wildman–Crippen MR) is 101 cm³/mol. The van der Waals surface area contributed by atoms with Gasteiger partial charge in [0.15, 0.2) is 0 Å². The molecule has 0 aromatic heterocycles. The summed E-state index contributed by atoms with van der Waals surface area (Å²) in [5.74, 6) is -0.206. The van der Waals surface area contributed by atoms with E-state index in [9.17, 15) is 9.90 Å². The molecule has 0 spiro atoms. The van der Waals surface area contributed by atoms with Gasteiger partial charge in [-0.05, 0) is 61.7 Å². The Bertz CT molecular complexity index is 932. The monoisotopic (exact) mass is 334 g/mol. The summed E-state index contributed by atoms with van der Waals surface area (Å²) in [5.41, 5.74) is 3.77. The van der Waals surface area contributed by atoms with Gasteiger partial charge >= 0.3 is 5.97 Å². The van der Waals surface area contributed by atoms with Gasteiger partial charge in [0.05, 0.1) is 11.7 Å². The highest BCUT2D eigenvalue weighted by Crippen LogP contribution is 2.40. The highest BCUT2D eigenvalue weighted by molar-refractivity contribution is 6.09. The number of rotatable bonds is 3. The van der Waals surface area contributed by atoms with Crippen molar-refractivity contribution in [1.29, 1.82) is 0 Å². The van der Waals surface area contributed by atoms with Crippen LogP contribution in [-0.2, 0) is 4.74 Å². The van der Waals surface area contributed by atoms with Crippen molar-refractivity contribution < 1.29 is 14.6 Å². The summed E-state index contributed by atoms with van der Waals surface area (Å²) >= 11 is 0. The smallest absolute Gasteiger partial charge is 0.339 e. The van der Waals surface area contributed by atoms with Crippen molar-refractivity contribution in [2.24, 2.45) is 0 Å². The fraction of sp³-hybridized carbons (Fsp3) is 0.227. The minimum atomic E-state index is -0.380. The van der Waals surface area contributed by atoms with Gasteiger partial charge < -0.3 is 9.84 Å². The fourth-order valence-corrected chi connectivity index (χ4v) is 3.26. The van der Waals surface area contributed by atoms with Crippen molar-refractivity contribution in [3.8, 4) is 16.9 Å². The van der Waals surface area contributed by atoms with E-state index >= 15 is 0 Å². The Balaban J connectivity index is 2.37. The molecular formula is C22H22O3. The Morgan fingerprint density at radius 2 is 1.72 bits per heavy atom. The molecule has 3 rings (SSSR count). The van der Waals surface area contributed by atoms with Crippen LogP contribution in [0.3, 0.4) is 0 Å². The molecule has 0 unspecified atom stereocenters. The number of fused-ring (bicyclic) bond motifs is 1. The van der Waals surface area contributed by atoms with Crippen LogP contribution in [0.2, 0.25) is 0 Å². The number of carbonyl (C=O) groups excluding carboxylic acids is 1. The van der Waals surface area contributed by atoms with E-state index in [0.29, 0.717) is 11.1 Å². The van der Waals surface area contributed by atoms with Crippen LogP contribution in [0.25, 0.3) is 21.9 Å². The van der Waals surface area contributed by atoms with Crippen molar-refractivity contribution in [2.75, 3.05) is 0 Å². The van der Waals surface area contributed by atoms with Gasteiger partial charge in [-0.1, -0.05) is 36.4 Å². The van der Waals surface area contributed by atoms with E-state index in [-0.39, 0.29) is 17.8 Å². The summed E-state index contributed by atoms with van der Waals surface area (Å²) in [6, 6.07) is 15.3. The van der Waals surface area contributed by atoms with Crippen molar-refractivity contribution in [3.05, 3.63) is 65.2 Å². The lowest BCUT2D eigenvalue weighted by molar-refractivity contribution is 0.0379. The maximum Gasteiger partial charge on any atom is 0.339 e. The molecule has 3 heteroatoms. The highest BCUT2D eigenvalue weighted by Gasteiger charge is 2.21. The Kier molecular flexibility index (Phi) is 4.49. The van der Waals surface area contributed by atoms with Crippen molar-refractivity contribution in [3.63, 3.8) is 0 Å². The topological polar surface area (TPSA) is 46.5 Å². The third-order valence-electron chi connectivity index (χ3n) is 4.20. The summed E-state index contributed by atoms with van der Waals surface area (Å²) in [4.78, 5) is 12.7. The molecule has 0 aliphatic carbocycles. The van der Waals surface area contributed by atoms with Crippen molar-refractivity contribution >= 4 is 16.7 Å². The number of benzene rings is 3. The minimum Gasteiger partial charge on any atom is -0.507 e. The summed E-state index contributed by atoms with van der Waals surface area (Å²) in [7, 11) is 0. The van der Waals surface area contributed by atoms with Gasteiger partial charge in [-0.3, -0.25) is 0 Å². The van der Waals surface area contributed by atoms with Gasteiger partial charge in [0.25, 0.3) is 0 Å². The Hall–Kier alpha value is -2.81. The average Bonchev–Trinajstić information content (AvgIpc) is 2.53. The highest BCUT2D eigenvalue weighted by atomic mass is 16.5. The van der Waals surface area contributed by atoms with Crippen LogP contribution >= 0.6 is 0 Å². The lowest BCUT2D eigenvalue weighted by Crippen LogP contribution is -2.13. The molecule has 0 saturated heterocycles. The molecule has 0 radical (unpaired) electrons. The molecule has 3 aromatic rings. The van der Waals surface area contributed by atoms with Crippen LogP contribution in [0, 0.1) is 13.8 Å². The quantitative estimate of drug-likeness (QED) is 0.653. The maximum absolute atomic E-state index is 12.7. The molecule has 128 valence electrons. The molecule has 0 aliphatic heterocycles. The van der Waals surface area contributed by atoms with E-state index in [1.807, 2.05) is 64.1 Å². The Morgan fingerprint density at radius 1 is 1.00 bits per heavy atom. The molecular weight excluding hydrogens is 312 g/mol. The zero-order valence-electron chi connectivity index (χ0n) is 15.0. The van der Waals surface area contributed by atoms with Gasteiger partial charge in [0.2, 0.25) is 0 Å². The second-order valence-corrected chi connectivity index (χ2v) is 6.64. The number of hydrogen-bond donors (Lipinski definition) is 1. The van der Waals surface area contributed by atoms with Crippen LogP contribution < -0.4 is 0 Å². The molecule has 25 heavy (non-hydrogen) atoms. The molecule has 3 nitrogen and oxygen atoms in total. The van der Waals surface area contributed by atoms with Gasteiger partial charge in [-0.2, -0.15) is 0 Å². The average molecular weight is 334 g/mol. The first-order valence-corrected chi connectivity index (χ1v) is 8.41. The third kappa shape index (κ3) is 3.22. The Labute approximate surface area is 147 Å². The summed E-state index contributed by atoms with van der Waals surface area (Å²) in [5, 5.41) is 12.6. The number of aromatic hydroxyl groups is 1. The number of phenolic OH excluding ortho intramolecular Hbond substituents is 1. The van der Waals surface area contributed by atoms with Gasteiger partial charge in [0, 0.05) is 11.1 Å². The molecule has 0 atom stereocenters. The SMILES string of the molecule is Cc1cc(C)c(-c2c(C(=O)OC(C)C)ccc3ccccc23)c(O)c1. The number of carbonyl (C=O) groups is 1. The van der Waals surface area contributed by atoms with E-state index in [1.165, 1.54) is 0 Å². The zero-order chi connectivity index (χ0) is 18.1. The second kappa shape index (κ2) is 6.60. The van der Waals surface area contributed by atoms with Crippen molar-refractivity contribution in [2.45, 2.75) is 33.8 Å². The van der Waals surface area contributed by atoms with Crippen LogP contribution in [0.1, 0.15) is 35.3 Å². The summed E-state index contributed by atoms with van der Waals surface area (Å²) in [6.45, 7) is 7.54. The van der Waals surface area contributed by atoms with Crippen LogP contribution in [0.15, 0.2) is 48.5 Å². The van der Waals surface area contributed by atoms with Gasteiger partial charge in [-0.25, -0.2) is 4.79 Å². The van der Waals surface area contributed by atoms with Crippen molar-refractivity contribution in [1.82, 2.24) is 0 Å². The maximum atomic E-state index is 12.7. The molecule has 0 heterocycles. The number of phenols is 1. The third-order valence-corrected chi connectivity index (χ3v) is 4.20. The molecule has 0 bridgehead atoms. The van der Waals surface area contributed by atoms with E-state index in [1.54, 1.807) is 12.1 Å². The normalized spacial score (nSPS) is 11.1. The van der Waals surface area contributed by atoms with E-state index < -0.39 is 0 Å². The largest absolute Gasteiger partial charge is 0.507 e. The first-order valence-electron chi connectivity index (χ1n) is 8.41. The summed E-state index contributed by atoms with van der Waals surface area (Å²) in [6.07, 6.45) is -0.209. The van der Waals surface area contributed by atoms with Gasteiger partial charge in [0.1, 0.15) is 5.75 Å². The lowest BCUT2D eigenvalue weighted by atomic mass is 9.89. The van der Waals surface area contributed by atoms with Gasteiger partial charge in [-0.15, -0.1) is 0 Å². The lowest BCUT2D eigenvalue weighted by Gasteiger charge is -2.17. The number of ether oxygens (including phenoxy) is 1. The van der Waals surface area contributed by atoms with Crippen LogP contribution in [-0.4, -0.2) is 17.2 Å². The fourth-order valence-electron chi connectivity index (χ4n) is 3.26. The molecule has 0 amide bonds. The molecule has 3 aromatic carbocycles. The minimum absolute atomic E-state index is 0.174. The van der Waals surface area contributed by atoms with E-state index in [0.717, 1.165) is 27.5 Å². The molecule has 0 fully saturated rings. The number of aryl methyl sites for hydroxylation is 2. The Morgan fingerprint density at radius 3 is 2.40 bits per heavy atom. The first-order chi connectivity index (χ1) is 11.9. The van der Waals surface area contributed by atoms with E-state index in [2.05, 4.69) is 0 Å². The zero-order valence-corrected chi connectivity index (χ0v) is 15.0. The van der Waals surface area contributed by atoms with Crippen LogP contribution in [0.4, 0.5) is 0 Å². The van der Waals surface area contributed by atoms with E-state index in [4.69, 9.17) is 4.74 Å². The molecule has 0 aliphatic rings. The van der Waals surface area contributed by atoms with Crippen LogP contribution in [0.5, 0.6) is 5.75 Å². The standard InChI is InChI=1S/C22H22O3/c1-13(2)25-22(24)18-10-9-16-7-5-6-8-17(16)21(18)20-15(4)11-14(3)12-19(20)23/h5-13,23H,1-4H3. The molecule has 0 saturated carbocycles. The molecule has 1 N–H and O–H groups in total. The second-order valence-electron chi connectivity index (χ2n) is 6.64. The first kappa shape index (κ1) is 17.0. The number of hydrogen-bond acceptors (Lipinski definition) is 3. The predicted octanol–water partition coefficient (Wildman–Crippen LogP) is 5.39. The summed E-state index contributed by atoms with van der Waals surface area (Å²) < 4.78 is 5.43.